The second-order valence-electron chi connectivity index (χ2n) is 20.9. The molecule has 2 aromatic carbocycles. The van der Waals surface area contributed by atoms with Crippen LogP contribution in [0.3, 0.4) is 0 Å². The second-order valence-corrected chi connectivity index (χ2v) is 21.3. The molecule has 1 heterocycles. The summed E-state index contributed by atoms with van der Waals surface area (Å²) in [6.07, 6.45) is -0.377. The summed E-state index contributed by atoms with van der Waals surface area (Å²) in [5, 5.41) is 47.5. The Kier molecular flexibility index (Phi) is 29.1. The van der Waals surface area contributed by atoms with Crippen molar-refractivity contribution in [2.24, 2.45) is 50.5 Å². The number of aliphatic carboxylic acids is 2. The number of hydrogen-bond acceptors (Lipinski definition) is 15. The van der Waals surface area contributed by atoms with Crippen molar-refractivity contribution in [1.82, 2.24) is 42.1 Å². The lowest BCUT2D eigenvalue weighted by molar-refractivity contribution is -0.143. The minimum atomic E-state index is -1.51. The summed E-state index contributed by atoms with van der Waals surface area (Å²) in [7, 11) is 0. The van der Waals surface area contributed by atoms with Gasteiger partial charge in [0.15, 0.2) is 11.9 Å². The molecule has 1 fully saturated rings. The van der Waals surface area contributed by atoms with E-state index in [0.29, 0.717) is 12.0 Å². The van der Waals surface area contributed by atoms with E-state index in [1.807, 2.05) is 0 Å². The van der Waals surface area contributed by atoms with Gasteiger partial charge in [-0.3, -0.25) is 53.1 Å². The fourth-order valence-electron chi connectivity index (χ4n) is 8.91. The van der Waals surface area contributed by atoms with Gasteiger partial charge in [0.25, 0.3) is 0 Å². The number of nitrogens with zero attached hydrogens (tertiary/aromatic N) is 3. The van der Waals surface area contributed by atoms with Crippen molar-refractivity contribution < 1.29 is 63.3 Å². The summed E-state index contributed by atoms with van der Waals surface area (Å²) in [6, 6.07) is 2.85. The van der Waals surface area contributed by atoms with Crippen LogP contribution in [0.15, 0.2) is 64.6 Å². The number of carboxylic acids is 2. The highest BCUT2D eigenvalue weighted by Crippen LogP contribution is 2.22. The standard InChI is InChI=1S/C54H83N15O13S/c1-29(2)25-38(48(77)68-43(30(3)4)50(79)63-36(14-9-23-61-54(58)59)45(74)62-35(13-8-22-60-53(56)57)46(75)67-40(28-83)52(81)82)66-49(78)41-15-10-24-69(41)51(80)37(20-21-42(71)72)64-47(76)39(27-32-16-18-33(70)19-17-32)65-44(73)34(55)26-31-11-6-5-7-12-31/h5-7,11-12,16-19,29-30,34-41,43,70,83H,8-10,13-15,20-28,55H2,1-4H3,(H,62,74)(H,63,79)(H,64,76)(H,65,73)(H,66,78)(H,67,75)(H,68,77)(H,71,72)(H,81,82)(H4,56,57,60)(H4,58,59,61)/t34-,35-,36-,37-,38-,39-,40-,41-,43-/m0/s1. The number of hydrogen-bond donors (Lipinski definition) is 16. The lowest BCUT2D eigenvalue weighted by Crippen LogP contribution is -2.61. The van der Waals surface area contributed by atoms with E-state index in [2.05, 4.69) is 59.8 Å². The van der Waals surface area contributed by atoms with E-state index in [-0.39, 0.29) is 100 Å². The number of guanidine groups is 2. The van der Waals surface area contributed by atoms with E-state index in [4.69, 9.17) is 28.7 Å². The molecule has 2 aromatic rings. The molecule has 458 valence electrons. The highest BCUT2D eigenvalue weighted by molar-refractivity contribution is 7.80. The third-order valence-electron chi connectivity index (χ3n) is 13.3. The number of aliphatic imine (C=N–C) groups is 2. The quantitative estimate of drug-likeness (QED) is 0.0148. The number of phenols is 1. The van der Waals surface area contributed by atoms with Crippen LogP contribution in [0.1, 0.15) is 96.6 Å². The number of nitrogens with one attached hydrogen (secondary N) is 7. The molecule has 0 aromatic heterocycles. The average molecular weight is 1180 g/mol. The summed E-state index contributed by atoms with van der Waals surface area (Å²) in [5.74, 6) is -10.8. The van der Waals surface area contributed by atoms with Gasteiger partial charge in [-0.25, -0.2) is 4.79 Å². The molecule has 0 radical (unpaired) electrons. The Balaban J connectivity index is 1.88. The molecule has 29 heteroatoms. The highest BCUT2D eigenvalue weighted by Gasteiger charge is 2.41. The number of benzene rings is 2. The summed E-state index contributed by atoms with van der Waals surface area (Å²) < 4.78 is 0. The first-order valence-electron chi connectivity index (χ1n) is 27.4. The van der Waals surface area contributed by atoms with Crippen LogP contribution in [-0.4, -0.2) is 171 Å². The van der Waals surface area contributed by atoms with E-state index in [1.54, 1.807) is 58.0 Å². The minimum Gasteiger partial charge on any atom is -0.508 e. The monoisotopic (exact) mass is 1180 g/mol. The van der Waals surface area contributed by atoms with Gasteiger partial charge in [0.05, 0.1) is 6.04 Å². The molecule has 83 heavy (non-hydrogen) atoms. The largest absolute Gasteiger partial charge is 0.508 e. The maximum Gasteiger partial charge on any atom is 0.327 e. The third kappa shape index (κ3) is 24.4. The Bertz CT molecular complexity index is 2580. The zero-order valence-electron chi connectivity index (χ0n) is 47.3. The molecule has 0 unspecified atom stereocenters. The smallest absolute Gasteiger partial charge is 0.327 e. The van der Waals surface area contributed by atoms with Crippen molar-refractivity contribution in [3.63, 3.8) is 0 Å². The lowest BCUT2D eigenvalue weighted by atomic mass is 9.98. The Morgan fingerprint density at radius 2 is 1.12 bits per heavy atom. The van der Waals surface area contributed by atoms with Crippen LogP contribution in [0, 0.1) is 11.8 Å². The maximum absolute atomic E-state index is 14.5. The van der Waals surface area contributed by atoms with E-state index >= 15 is 0 Å². The van der Waals surface area contributed by atoms with Gasteiger partial charge < -0.3 is 86.1 Å². The van der Waals surface area contributed by atoms with Gasteiger partial charge >= 0.3 is 11.9 Å². The SMILES string of the molecule is CC(C)C[C@H](NC(=O)[C@@H]1CCCN1C(=O)[C@H](CCC(=O)O)NC(=O)[C@H](Cc1ccc(O)cc1)NC(=O)[C@@H](N)Cc1ccccc1)C(=O)N[C@H](C(=O)N[C@@H](CCCN=C(N)N)C(=O)N[C@@H](CCCN=C(N)N)C(=O)N[C@@H](CS)C(=O)O)C(C)C. The number of nitrogens with two attached hydrogens (primary N) is 5. The Hall–Kier alpha value is -8.21. The number of likely N-dealkylation sites (tertiary alicyclic amines) is 1. The average Bonchev–Trinajstić information content (AvgIpc) is 4.20. The number of thiol groups is 1. The third-order valence-corrected chi connectivity index (χ3v) is 13.7. The number of rotatable bonds is 35. The number of amides is 8. The normalized spacial score (nSPS) is 15.8. The molecule has 0 saturated carbocycles. The molecule has 3 rings (SSSR count). The van der Waals surface area contributed by atoms with Crippen LogP contribution in [0.4, 0.5) is 0 Å². The minimum absolute atomic E-state index is 0.0115. The molecule has 20 N–H and O–H groups in total. The van der Waals surface area contributed by atoms with Gasteiger partial charge in [-0.2, -0.15) is 12.6 Å². The van der Waals surface area contributed by atoms with Crippen LogP contribution in [-0.2, 0) is 60.8 Å². The van der Waals surface area contributed by atoms with E-state index in [1.165, 1.54) is 29.2 Å². The Morgan fingerprint density at radius 3 is 1.64 bits per heavy atom. The fourth-order valence-corrected chi connectivity index (χ4v) is 9.16. The van der Waals surface area contributed by atoms with Gasteiger partial charge in [-0.1, -0.05) is 70.2 Å². The molecular weight excluding hydrogens is 1100 g/mol. The lowest BCUT2D eigenvalue weighted by Gasteiger charge is -2.31. The van der Waals surface area contributed by atoms with Crippen molar-refractivity contribution in [3.8, 4) is 5.75 Å². The first-order valence-corrected chi connectivity index (χ1v) is 28.0. The van der Waals surface area contributed by atoms with Crippen LogP contribution in [0.5, 0.6) is 5.75 Å². The molecule has 9 atom stereocenters. The number of carboxylic acid groups (broad SMARTS) is 2. The fraction of sp³-hybridized carbons (Fsp3) is 0.556. The molecule has 1 aliphatic heterocycles. The zero-order valence-corrected chi connectivity index (χ0v) is 48.1. The molecular formula is C54H83N15O13S. The second kappa shape index (κ2) is 34.9. The van der Waals surface area contributed by atoms with Gasteiger partial charge in [-0.05, 0) is 92.9 Å². The number of carbonyl (C=O) groups is 10. The van der Waals surface area contributed by atoms with Crippen LogP contribution in [0.2, 0.25) is 0 Å². The highest BCUT2D eigenvalue weighted by atomic mass is 32.1. The van der Waals surface area contributed by atoms with E-state index < -0.39 is 132 Å². The first kappa shape index (κ1) is 69.1. The van der Waals surface area contributed by atoms with Crippen LogP contribution >= 0.6 is 12.6 Å². The van der Waals surface area contributed by atoms with Crippen molar-refractivity contribution in [1.29, 1.82) is 0 Å². The van der Waals surface area contributed by atoms with Crippen molar-refractivity contribution >= 4 is 83.7 Å². The van der Waals surface area contributed by atoms with E-state index in [9.17, 15) is 63.3 Å². The molecule has 0 spiro atoms. The van der Waals surface area contributed by atoms with Crippen molar-refractivity contribution in [3.05, 3.63) is 65.7 Å². The van der Waals surface area contributed by atoms with Crippen molar-refractivity contribution in [2.75, 3.05) is 25.4 Å². The van der Waals surface area contributed by atoms with Gasteiger partial charge in [0, 0.05) is 38.2 Å². The van der Waals surface area contributed by atoms with Crippen LogP contribution in [0.25, 0.3) is 0 Å². The first-order chi connectivity index (χ1) is 39.2. The summed E-state index contributed by atoms with van der Waals surface area (Å²) in [6.45, 7) is 6.91. The maximum atomic E-state index is 14.5. The molecule has 28 nitrogen and oxygen atoms in total. The van der Waals surface area contributed by atoms with Gasteiger partial charge in [-0.15, -0.1) is 0 Å². The molecule has 0 aliphatic carbocycles. The molecule has 1 saturated heterocycles. The predicted octanol–water partition coefficient (Wildman–Crippen LogP) is -2.42. The Labute approximate surface area is 487 Å². The summed E-state index contributed by atoms with van der Waals surface area (Å²) in [4.78, 5) is 145. The summed E-state index contributed by atoms with van der Waals surface area (Å²) >= 11 is 4.00. The topological polar surface area (TPSA) is 474 Å². The predicted molar refractivity (Wildman–Crippen MR) is 311 cm³/mol. The molecule has 8 amide bonds. The summed E-state index contributed by atoms with van der Waals surface area (Å²) in [5.41, 5.74) is 29.4. The number of phenolic OH excluding ortho intramolecular Hbond substituents is 1. The molecule has 0 bridgehead atoms. The van der Waals surface area contributed by atoms with Crippen LogP contribution < -0.4 is 65.9 Å². The van der Waals surface area contributed by atoms with Gasteiger partial charge in [0.2, 0.25) is 47.3 Å². The zero-order chi connectivity index (χ0) is 61.9. The molecule has 1 aliphatic rings. The number of aromatic hydroxyl groups is 1. The number of carbonyl (C=O) groups excluding carboxylic acids is 8. The van der Waals surface area contributed by atoms with Crippen molar-refractivity contribution in [2.45, 2.75) is 153 Å². The van der Waals surface area contributed by atoms with E-state index in [0.717, 1.165) is 5.56 Å². The Morgan fingerprint density at radius 1 is 0.614 bits per heavy atom. The van der Waals surface area contributed by atoms with Gasteiger partial charge in [0.1, 0.15) is 54.1 Å².